The monoisotopic (exact) mass is 502 g/mol. The van der Waals surface area contributed by atoms with E-state index in [0.717, 1.165) is 50.7 Å². The number of aliphatic hydroxyl groups is 1. The van der Waals surface area contributed by atoms with Gasteiger partial charge in [-0.15, -0.1) is 0 Å². The Bertz CT molecular complexity index is 913. The highest BCUT2D eigenvalue weighted by Gasteiger charge is 2.45. The molecule has 0 aromatic carbocycles. The van der Waals surface area contributed by atoms with E-state index in [9.17, 15) is 14.7 Å². The van der Waals surface area contributed by atoms with Gasteiger partial charge in [-0.25, -0.2) is 4.98 Å². The molecule has 3 aliphatic rings. The van der Waals surface area contributed by atoms with Gasteiger partial charge in [0.25, 0.3) is 0 Å². The predicted octanol–water partition coefficient (Wildman–Crippen LogP) is 2.23. The van der Waals surface area contributed by atoms with E-state index in [2.05, 4.69) is 29.5 Å². The lowest BCUT2D eigenvalue weighted by atomic mass is 9.83. The first-order valence-corrected chi connectivity index (χ1v) is 13.4. The molecule has 2 saturated carbocycles. The van der Waals surface area contributed by atoms with Crippen LogP contribution in [0.4, 0.5) is 5.82 Å². The molecule has 3 N–H and O–H groups in total. The van der Waals surface area contributed by atoms with Crippen molar-refractivity contribution in [1.82, 2.24) is 15.6 Å². The van der Waals surface area contributed by atoms with Gasteiger partial charge in [-0.05, 0) is 50.4 Å². The summed E-state index contributed by atoms with van der Waals surface area (Å²) >= 11 is 0. The highest BCUT2D eigenvalue weighted by molar-refractivity contribution is 5.96. The minimum atomic E-state index is -1.05. The molecule has 200 valence electrons. The molecule has 0 spiro atoms. The number of anilines is 1. The van der Waals surface area contributed by atoms with Crippen LogP contribution in [0.1, 0.15) is 63.9 Å². The van der Waals surface area contributed by atoms with Crippen LogP contribution in [-0.2, 0) is 14.3 Å². The first-order chi connectivity index (χ1) is 17.3. The molecular weight excluding hydrogens is 460 g/mol. The molecular formula is C27H42N4O5. The third kappa shape index (κ3) is 6.01. The Kier molecular flexibility index (Phi) is 8.85. The van der Waals surface area contributed by atoms with Crippen molar-refractivity contribution in [2.24, 2.45) is 17.8 Å². The smallest absolute Gasteiger partial charge is 0.235 e. The van der Waals surface area contributed by atoms with Crippen molar-refractivity contribution in [3.05, 3.63) is 17.8 Å². The van der Waals surface area contributed by atoms with Crippen LogP contribution in [0.5, 0.6) is 5.75 Å². The van der Waals surface area contributed by atoms with Crippen LogP contribution in [0.3, 0.4) is 0 Å². The predicted molar refractivity (Wildman–Crippen MR) is 137 cm³/mol. The summed E-state index contributed by atoms with van der Waals surface area (Å²) in [4.78, 5) is 33.2. The van der Waals surface area contributed by atoms with Crippen LogP contribution in [0.25, 0.3) is 0 Å². The van der Waals surface area contributed by atoms with Gasteiger partial charge in [0.2, 0.25) is 11.8 Å². The van der Waals surface area contributed by atoms with Crippen LogP contribution in [0.15, 0.2) is 12.3 Å². The second-order valence-electron chi connectivity index (χ2n) is 10.9. The van der Waals surface area contributed by atoms with Gasteiger partial charge in [-0.1, -0.05) is 13.8 Å². The number of pyridine rings is 1. The second-order valence-corrected chi connectivity index (χ2v) is 10.9. The molecule has 1 aromatic heterocycles. The number of ether oxygens (including phenoxy) is 2. The summed E-state index contributed by atoms with van der Waals surface area (Å²) in [5.41, 5.74) is 0.983. The lowest BCUT2D eigenvalue weighted by Gasteiger charge is -2.37. The van der Waals surface area contributed by atoms with Crippen LogP contribution < -0.4 is 20.3 Å². The summed E-state index contributed by atoms with van der Waals surface area (Å²) in [6.45, 7) is 5.59. The Morgan fingerprint density at radius 3 is 2.44 bits per heavy atom. The fourth-order valence-electron chi connectivity index (χ4n) is 5.59. The van der Waals surface area contributed by atoms with Crippen molar-refractivity contribution < 1.29 is 24.2 Å². The van der Waals surface area contributed by atoms with E-state index in [-0.39, 0.29) is 29.8 Å². The molecule has 0 bridgehead atoms. The number of aromatic nitrogens is 1. The Balaban J connectivity index is 1.44. The summed E-state index contributed by atoms with van der Waals surface area (Å²) in [5, 5.41) is 17.6. The quantitative estimate of drug-likeness (QED) is 0.475. The number of piperidine rings is 1. The third-order valence-corrected chi connectivity index (χ3v) is 7.92. The van der Waals surface area contributed by atoms with Crippen molar-refractivity contribution in [3.63, 3.8) is 0 Å². The molecule has 9 nitrogen and oxygen atoms in total. The maximum atomic E-state index is 13.8. The summed E-state index contributed by atoms with van der Waals surface area (Å²) in [5.74, 6) is 0.265. The topological polar surface area (TPSA) is 113 Å². The van der Waals surface area contributed by atoms with E-state index >= 15 is 0 Å². The van der Waals surface area contributed by atoms with Gasteiger partial charge in [0.15, 0.2) is 0 Å². The van der Waals surface area contributed by atoms with Crippen LogP contribution >= 0.6 is 0 Å². The van der Waals surface area contributed by atoms with E-state index in [0.29, 0.717) is 30.6 Å². The molecule has 0 radical (unpaired) electrons. The molecule has 0 unspecified atom stereocenters. The fourth-order valence-corrected chi connectivity index (χ4v) is 5.59. The van der Waals surface area contributed by atoms with Gasteiger partial charge < -0.3 is 25.2 Å². The number of hydrogen-bond acceptors (Lipinski definition) is 7. The lowest BCUT2D eigenvalue weighted by molar-refractivity contribution is -0.137. The van der Waals surface area contributed by atoms with Crippen molar-refractivity contribution in [3.8, 4) is 5.75 Å². The minimum Gasteiger partial charge on any atom is -0.496 e. The first kappa shape index (κ1) is 26.8. The maximum Gasteiger partial charge on any atom is 0.235 e. The summed E-state index contributed by atoms with van der Waals surface area (Å²) in [6.07, 6.45) is 6.38. The minimum absolute atomic E-state index is 0.0586. The largest absolute Gasteiger partial charge is 0.496 e. The van der Waals surface area contributed by atoms with Gasteiger partial charge in [-0.2, -0.15) is 0 Å². The lowest BCUT2D eigenvalue weighted by Crippen LogP contribution is -2.58. The van der Waals surface area contributed by atoms with Crippen molar-refractivity contribution in [1.29, 1.82) is 0 Å². The number of amides is 2. The second kappa shape index (κ2) is 11.9. The fraction of sp³-hybridized carbons (Fsp3) is 0.741. The van der Waals surface area contributed by atoms with E-state index in [1.807, 2.05) is 6.07 Å². The standard InChI is InChI=1S/C27H42N4O5/c1-16(2)20-14-29-24(11-23(20)36-4)31(19-9-10-19)27(34)22-13-28-12-21(25(22)32)26(33)30-18-7-5-17(6-8-18)15-35-3/h11,14,16-19,21-22,25,28,32H,5-10,12-13,15H2,1-4H3,(H,30,33)/t17-,18-,21-,22+,25-/m1/s1. The molecule has 36 heavy (non-hydrogen) atoms. The molecule has 1 saturated heterocycles. The molecule has 2 amide bonds. The zero-order valence-corrected chi connectivity index (χ0v) is 22.0. The Morgan fingerprint density at radius 2 is 1.83 bits per heavy atom. The first-order valence-electron chi connectivity index (χ1n) is 13.4. The van der Waals surface area contributed by atoms with Gasteiger partial charge in [0.05, 0.1) is 25.0 Å². The zero-order valence-electron chi connectivity index (χ0n) is 22.0. The van der Waals surface area contributed by atoms with E-state index in [4.69, 9.17) is 9.47 Å². The van der Waals surface area contributed by atoms with Crippen LogP contribution in [0, 0.1) is 17.8 Å². The molecule has 3 atom stereocenters. The van der Waals surface area contributed by atoms with Crippen LogP contribution in [-0.4, -0.2) is 74.0 Å². The van der Waals surface area contributed by atoms with E-state index in [1.54, 1.807) is 25.3 Å². The molecule has 4 rings (SSSR count). The number of rotatable bonds is 9. The van der Waals surface area contributed by atoms with Crippen LogP contribution in [0.2, 0.25) is 0 Å². The summed E-state index contributed by atoms with van der Waals surface area (Å²) < 4.78 is 10.9. The molecule has 2 heterocycles. The number of carbonyl (C=O) groups is 2. The van der Waals surface area contributed by atoms with Gasteiger partial charge in [0.1, 0.15) is 11.6 Å². The average molecular weight is 503 g/mol. The average Bonchev–Trinajstić information content (AvgIpc) is 3.70. The maximum absolute atomic E-state index is 13.8. The van der Waals surface area contributed by atoms with Gasteiger partial charge in [-0.3, -0.25) is 14.5 Å². The van der Waals surface area contributed by atoms with Gasteiger partial charge >= 0.3 is 0 Å². The SMILES string of the molecule is COC[C@H]1CC[C@H](NC(=O)[C@@H]2CNC[C@H](C(=O)N(c3cc(OC)c(C(C)C)cn3)C3CC3)[C@@H]2O)CC1. The Labute approximate surface area is 214 Å². The molecule has 9 heteroatoms. The number of carbonyl (C=O) groups excluding carboxylic acids is 2. The molecule has 1 aromatic rings. The number of nitrogens with one attached hydrogen (secondary N) is 2. The number of methoxy groups -OCH3 is 2. The number of hydrogen-bond donors (Lipinski definition) is 3. The van der Waals surface area contributed by atoms with Crippen molar-refractivity contribution in [2.75, 3.05) is 38.8 Å². The molecule has 2 aliphatic carbocycles. The Hall–Kier alpha value is -2.23. The van der Waals surface area contributed by atoms with Crippen molar-refractivity contribution in [2.45, 2.75) is 76.5 Å². The summed E-state index contributed by atoms with van der Waals surface area (Å²) in [6, 6.07) is 1.98. The zero-order chi connectivity index (χ0) is 25.8. The molecule has 3 fully saturated rings. The van der Waals surface area contributed by atoms with Crippen molar-refractivity contribution >= 4 is 17.6 Å². The van der Waals surface area contributed by atoms with E-state index in [1.165, 1.54) is 0 Å². The number of aliphatic hydroxyl groups excluding tert-OH is 1. The molecule has 1 aliphatic heterocycles. The Morgan fingerprint density at radius 1 is 1.14 bits per heavy atom. The highest BCUT2D eigenvalue weighted by atomic mass is 16.5. The highest BCUT2D eigenvalue weighted by Crippen LogP contribution is 2.37. The normalized spacial score (nSPS) is 28.6. The van der Waals surface area contributed by atoms with Gasteiger partial charge in [0, 0.05) is 56.7 Å². The third-order valence-electron chi connectivity index (χ3n) is 7.92. The summed E-state index contributed by atoms with van der Waals surface area (Å²) in [7, 11) is 3.34. The number of nitrogens with zero attached hydrogens (tertiary/aromatic N) is 2. The van der Waals surface area contributed by atoms with E-state index < -0.39 is 17.9 Å².